The highest BCUT2D eigenvalue weighted by Gasteiger charge is 2.33. The number of likely N-dealkylation sites (tertiary alicyclic amines) is 1. The maximum Gasteiger partial charge on any atom is 0.254 e. The van der Waals surface area contributed by atoms with Gasteiger partial charge in [-0.1, -0.05) is 66.7 Å². The molecule has 3 amide bonds. The Morgan fingerprint density at radius 2 is 1.61 bits per heavy atom. The van der Waals surface area contributed by atoms with Crippen molar-refractivity contribution in [2.24, 2.45) is 0 Å². The van der Waals surface area contributed by atoms with Crippen molar-refractivity contribution in [3.8, 4) is 11.1 Å². The van der Waals surface area contributed by atoms with E-state index in [2.05, 4.69) is 15.6 Å². The van der Waals surface area contributed by atoms with Crippen LogP contribution >= 0.6 is 0 Å². The van der Waals surface area contributed by atoms with E-state index in [-0.39, 0.29) is 29.8 Å². The molecule has 0 aliphatic carbocycles. The monoisotopic (exact) mass is 506 g/mol. The van der Waals surface area contributed by atoms with Crippen LogP contribution < -0.4 is 10.6 Å². The zero-order valence-corrected chi connectivity index (χ0v) is 21.3. The molecule has 38 heavy (non-hydrogen) atoms. The summed E-state index contributed by atoms with van der Waals surface area (Å²) >= 11 is 0. The molecule has 5 rings (SSSR count). The Bertz CT molecular complexity index is 1470. The van der Waals surface area contributed by atoms with Crippen LogP contribution in [0.15, 0.2) is 91.1 Å². The Labute approximate surface area is 221 Å². The summed E-state index contributed by atoms with van der Waals surface area (Å²) in [6.07, 6.45) is 3.05. The summed E-state index contributed by atoms with van der Waals surface area (Å²) in [5.74, 6) is -0.469. The number of nitrogens with one attached hydrogen (secondary N) is 2. The topological polar surface area (TPSA) is 91.4 Å². The molecule has 2 unspecified atom stereocenters. The third-order valence-corrected chi connectivity index (χ3v) is 6.99. The van der Waals surface area contributed by atoms with E-state index < -0.39 is 0 Å². The normalized spacial score (nSPS) is 17.1. The molecular weight excluding hydrogens is 476 g/mol. The summed E-state index contributed by atoms with van der Waals surface area (Å²) in [6.45, 7) is 2.16. The molecule has 2 N–H and O–H groups in total. The quantitative estimate of drug-likeness (QED) is 0.405. The average molecular weight is 507 g/mol. The Balaban J connectivity index is 1.40. The second-order valence-electron chi connectivity index (χ2n) is 9.59. The van der Waals surface area contributed by atoms with Crippen molar-refractivity contribution in [1.82, 2.24) is 20.5 Å². The Kier molecular flexibility index (Phi) is 7.45. The lowest BCUT2D eigenvalue weighted by atomic mass is 9.94. The van der Waals surface area contributed by atoms with Crippen LogP contribution in [0.2, 0.25) is 0 Å². The van der Waals surface area contributed by atoms with E-state index in [1.54, 1.807) is 17.2 Å². The molecule has 0 spiro atoms. The van der Waals surface area contributed by atoms with Crippen LogP contribution in [0.3, 0.4) is 0 Å². The number of piperidine rings is 1. The molecule has 0 radical (unpaired) electrons. The highest BCUT2D eigenvalue weighted by Crippen LogP contribution is 2.27. The molecule has 1 aromatic heterocycles. The highest BCUT2D eigenvalue weighted by molar-refractivity contribution is 6.05. The van der Waals surface area contributed by atoms with Crippen molar-refractivity contribution < 1.29 is 14.4 Å². The third-order valence-electron chi connectivity index (χ3n) is 6.99. The molecule has 3 aromatic carbocycles. The van der Waals surface area contributed by atoms with Crippen LogP contribution in [-0.2, 0) is 4.79 Å². The van der Waals surface area contributed by atoms with Gasteiger partial charge >= 0.3 is 0 Å². The maximum atomic E-state index is 14.0. The summed E-state index contributed by atoms with van der Waals surface area (Å²) in [5.41, 5.74) is 3.55. The van der Waals surface area contributed by atoms with Gasteiger partial charge in [-0.05, 0) is 42.2 Å². The lowest BCUT2D eigenvalue weighted by Crippen LogP contribution is -2.56. The van der Waals surface area contributed by atoms with Crippen LogP contribution in [0.5, 0.6) is 0 Å². The molecule has 0 saturated carbocycles. The molecule has 1 fully saturated rings. The number of para-hydroxylation sites is 1. The number of nitrogens with zero attached hydrogens (tertiary/aromatic N) is 2. The molecule has 7 nitrogen and oxygen atoms in total. The number of fused-ring (bicyclic) bond motifs is 1. The molecular formula is C31H30N4O3. The van der Waals surface area contributed by atoms with Gasteiger partial charge < -0.3 is 15.5 Å². The zero-order chi connectivity index (χ0) is 26.5. The lowest BCUT2D eigenvalue weighted by Gasteiger charge is -2.40. The largest absolute Gasteiger partial charge is 0.352 e. The summed E-state index contributed by atoms with van der Waals surface area (Å²) in [7, 11) is 0. The van der Waals surface area contributed by atoms with Crippen LogP contribution in [0.25, 0.3) is 22.0 Å². The van der Waals surface area contributed by atoms with Crippen molar-refractivity contribution >= 4 is 28.6 Å². The number of carbonyl (C=O) groups is 3. The van der Waals surface area contributed by atoms with Crippen molar-refractivity contribution in [3.05, 3.63) is 102 Å². The van der Waals surface area contributed by atoms with Gasteiger partial charge in [0.05, 0.1) is 11.1 Å². The minimum atomic E-state index is -0.227. The number of benzene rings is 3. The van der Waals surface area contributed by atoms with Gasteiger partial charge in [-0.15, -0.1) is 0 Å². The van der Waals surface area contributed by atoms with E-state index in [0.29, 0.717) is 36.2 Å². The molecule has 1 saturated heterocycles. The average Bonchev–Trinajstić information content (AvgIpc) is 2.95. The summed E-state index contributed by atoms with van der Waals surface area (Å²) in [4.78, 5) is 45.2. The smallest absolute Gasteiger partial charge is 0.254 e. The first-order valence-corrected chi connectivity index (χ1v) is 12.9. The fourth-order valence-corrected chi connectivity index (χ4v) is 5.18. The van der Waals surface area contributed by atoms with Gasteiger partial charge in [0.25, 0.3) is 11.8 Å². The lowest BCUT2D eigenvalue weighted by molar-refractivity contribution is -0.120. The Morgan fingerprint density at radius 3 is 2.42 bits per heavy atom. The number of hydrogen-bond donors (Lipinski definition) is 2. The SMILES string of the molecule is CC(=O)NC1CCC(CNC(=O)c2cccc3cccnc23)N(C(=O)c2ccccc2-c2ccccc2)C1. The number of pyridine rings is 1. The van der Waals surface area contributed by atoms with Crippen LogP contribution in [0.1, 0.15) is 40.5 Å². The van der Waals surface area contributed by atoms with Crippen molar-refractivity contribution in [2.75, 3.05) is 13.1 Å². The minimum absolute atomic E-state index is 0.120. The fourth-order valence-electron chi connectivity index (χ4n) is 5.18. The molecule has 2 atom stereocenters. The van der Waals surface area contributed by atoms with Gasteiger partial charge in [-0.3, -0.25) is 19.4 Å². The first-order valence-electron chi connectivity index (χ1n) is 12.9. The zero-order valence-electron chi connectivity index (χ0n) is 21.3. The molecule has 2 heterocycles. The molecule has 7 heteroatoms. The second kappa shape index (κ2) is 11.3. The second-order valence-corrected chi connectivity index (χ2v) is 9.59. The molecule has 192 valence electrons. The summed E-state index contributed by atoms with van der Waals surface area (Å²) < 4.78 is 0. The first kappa shape index (κ1) is 25.1. The van der Waals surface area contributed by atoms with E-state index in [0.717, 1.165) is 22.9 Å². The first-order chi connectivity index (χ1) is 18.5. The van der Waals surface area contributed by atoms with Crippen molar-refractivity contribution in [3.63, 3.8) is 0 Å². The Morgan fingerprint density at radius 1 is 0.868 bits per heavy atom. The molecule has 1 aliphatic heterocycles. The van der Waals surface area contributed by atoms with E-state index in [9.17, 15) is 14.4 Å². The molecule has 1 aliphatic rings. The van der Waals surface area contributed by atoms with Crippen molar-refractivity contribution in [1.29, 1.82) is 0 Å². The van der Waals surface area contributed by atoms with E-state index in [4.69, 9.17) is 0 Å². The third kappa shape index (κ3) is 5.42. The Hall–Kier alpha value is -4.52. The van der Waals surface area contributed by atoms with Crippen LogP contribution in [-0.4, -0.2) is 52.8 Å². The minimum Gasteiger partial charge on any atom is -0.352 e. The summed E-state index contributed by atoms with van der Waals surface area (Å²) in [6, 6.07) is 26.3. The number of hydrogen-bond acceptors (Lipinski definition) is 4. The number of carbonyl (C=O) groups excluding carboxylic acids is 3. The number of rotatable bonds is 6. The van der Waals surface area contributed by atoms with Crippen LogP contribution in [0, 0.1) is 0 Å². The molecule has 4 aromatic rings. The predicted octanol–water partition coefficient (Wildman–Crippen LogP) is 4.44. The maximum absolute atomic E-state index is 14.0. The van der Waals surface area contributed by atoms with Gasteiger partial charge in [0.1, 0.15) is 0 Å². The van der Waals surface area contributed by atoms with Gasteiger partial charge in [-0.25, -0.2) is 0 Å². The van der Waals surface area contributed by atoms with E-state index in [1.807, 2.05) is 78.9 Å². The van der Waals surface area contributed by atoms with Gasteiger partial charge in [-0.2, -0.15) is 0 Å². The van der Waals surface area contributed by atoms with Crippen molar-refractivity contribution in [2.45, 2.75) is 31.8 Å². The van der Waals surface area contributed by atoms with Gasteiger partial charge in [0, 0.05) is 49.2 Å². The number of amides is 3. The molecule has 0 bridgehead atoms. The number of aromatic nitrogens is 1. The van der Waals surface area contributed by atoms with Crippen LogP contribution in [0.4, 0.5) is 0 Å². The van der Waals surface area contributed by atoms with E-state index in [1.165, 1.54) is 6.92 Å². The summed E-state index contributed by atoms with van der Waals surface area (Å²) in [5, 5.41) is 6.90. The van der Waals surface area contributed by atoms with Gasteiger partial charge in [0.15, 0.2) is 0 Å². The van der Waals surface area contributed by atoms with E-state index >= 15 is 0 Å². The standard InChI is InChI=1S/C31H30N4O3/c1-21(36)34-24-16-17-25(19-33-30(37)28-15-7-11-23-12-8-18-32-29(23)28)35(20-24)31(38)27-14-6-5-13-26(27)22-9-3-2-4-10-22/h2-15,18,24-25H,16-17,19-20H2,1H3,(H,33,37)(H,34,36). The van der Waals surface area contributed by atoms with Gasteiger partial charge in [0.2, 0.25) is 5.91 Å². The highest BCUT2D eigenvalue weighted by atomic mass is 16.2. The fraction of sp³-hybridized carbons (Fsp3) is 0.226. The predicted molar refractivity (Wildman–Crippen MR) is 148 cm³/mol.